The molecule has 0 unspecified atom stereocenters. The van der Waals surface area contributed by atoms with Crippen LogP contribution in [0.1, 0.15) is 5.56 Å². The third-order valence-electron chi connectivity index (χ3n) is 0.970. The lowest BCUT2D eigenvalue weighted by Gasteiger charge is -1.94. The molecule has 0 saturated carbocycles. The number of aromatic nitrogens is 1. The van der Waals surface area contributed by atoms with Crippen LogP contribution in [0, 0.1) is 6.92 Å². The van der Waals surface area contributed by atoms with Gasteiger partial charge in [0.25, 0.3) is 0 Å². The van der Waals surface area contributed by atoms with Crippen molar-refractivity contribution in [1.82, 2.24) is 0 Å². The van der Waals surface area contributed by atoms with Gasteiger partial charge in [-0.25, -0.2) is 5.84 Å². The quantitative estimate of drug-likeness (QED) is 0.288. The van der Waals surface area contributed by atoms with Gasteiger partial charge in [-0.15, -0.1) is 0 Å². The third kappa shape index (κ3) is 10.7. The maximum Gasteiger partial charge on any atom is 0.673 e. The molecule has 7 heteroatoms. The summed E-state index contributed by atoms with van der Waals surface area (Å²) < 4.78 is 40.5. The minimum Gasteiger partial charge on any atom is -0.418 e. The summed E-state index contributed by atoms with van der Waals surface area (Å²) in [6.07, 6.45) is 3.66. The first-order valence-corrected chi connectivity index (χ1v) is 3.39. The van der Waals surface area contributed by atoms with E-state index < -0.39 is 7.25 Å². The van der Waals surface area contributed by atoms with Crippen LogP contribution in [0.3, 0.4) is 0 Å². The lowest BCUT2D eigenvalue weighted by atomic mass is 10.3. The maximum atomic E-state index is 9.75. The van der Waals surface area contributed by atoms with Crippen molar-refractivity contribution in [3.8, 4) is 0 Å². The minimum atomic E-state index is -6.00. The zero-order valence-electron chi connectivity index (χ0n) is 6.92. The zero-order chi connectivity index (χ0) is 10.5. The fourth-order valence-electron chi connectivity index (χ4n) is 0.615. The van der Waals surface area contributed by atoms with Crippen molar-refractivity contribution in [2.75, 3.05) is 5.84 Å². The van der Waals surface area contributed by atoms with E-state index >= 15 is 0 Å². The molecule has 1 aromatic heterocycles. The van der Waals surface area contributed by atoms with Gasteiger partial charge >= 0.3 is 7.25 Å². The van der Waals surface area contributed by atoms with E-state index in [1.165, 1.54) is 10.2 Å². The van der Waals surface area contributed by atoms with Gasteiger partial charge < -0.3 is 17.3 Å². The van der Waals surface area contributed by atoms with E-state index in [-0.39, 0.29) is 0 Å². The van der Waals surface area contributed by atoms with Crippen molar-refractivity contribution >= 4 is 7.25 Å². The Hall–Kier alpha value is -1.27. The van der Waals surface area contributed by atoms with E-state index in [2.05, 4.69) is 0 Å². The Bertz CT molecular complexity index is 240. The largest absolute Gasteiger partial charge is 0.673 e. The second-order valence-corrected chi connectivity index (χ2v) is 2.32. The molecule has 0 atom stereocenters. The van der Waals surface area contributed by atoms with Crippen LogP contribution >= 0.6 is 0 Å². The summed E-state index contributed by atoms with van der Waals surface area (Å²) in [5, 5.41) is 0. The second-order valence-electron chi connectivity index (χ2n) is 2.32. The van der Waals surface area contributed by atoms with Crippen LogP contribution in [0.5, 0.6) is 0 Å². The van der Waals surface area contributed by atoms with Crippen LogP contribution in [0.4, 0.5) is 17.3 Å². The molecule has 0 aliphatic carbocycles. The predicted octanol–water partition coefficient (Wildman–Crippen LogP) is 1.30. The van der Waals surface area contributed by atoms with E-state index in [1.54, 1.807) is 6.20 Å². The SMILES string of the molecule is Cc1ccc[n+](N)c1.F[B-](F)(F)F. The van der Waals surface area contributed by atoms with Crippen molar-refractivity contribution in [3.63, 3.8) is 0 Å². The van der Waals surface area contributed by atoms with Crippen LogP contribution in [0.15, 0.2) is 24.5 Å². The Balaban J connectivity index is 0.000000252. The maximum absolute atomic E-state index is 9.75. The van der Waals surface area contributed by atoms with Crippen molar-refractivity contribution in [1.29, 1.82) is 0 Å². The van der Waals surface area contributed by atoms with Gasteiger partial charge in [0, 0.05) is 11.6 Å². The Morgan fingerprint density at radius 1 is 1.31 bits per heavy atom. The highest BCUT2D eigenvalue weighted by atomic mass is 19.5. The van der Waals surface area contributed by atoms with E-state index in [0.717, 1.165) is 0 Å². The minimum absolute atomic E-state index is 1.18. The van der Waals surface area contributed by atoms with Gasteiger partial charge in [-0.1, -0.05) is 4.68 Å². The molecule has 0 aliphatic heterocycles. The Kier molecular flexibility index (Phi) is 4.23. The molecule has 74 valence electrons. The number of nitrogens with zero attached hydrogens (tertiary/aromatic N) is 1. The van der Waals surface area contributed by atoms with Crippen LogP contribution in [0.2, 0.25) is 0 Å². The number of hydrogen-bond donors (Lipinski definition) is 1. The first kappa shape index (κ1) is 11.7. The molecule has 0 aromatic carbocycles. The van der Waals surface area contributed by atoms with E-state index in [4.69, 9.17) is 5.84 Å². The van der Waals surface area contributed by atoms with Crippen LogP contribution < -0.4 is 10.5 Å². The number of pyridine rings is 1. The van der Waals surface area contributed by atoms with Crippen molar-refractivity contribution in [3.05, 3.63) is 30.1 Å². The summed E-state index contributed by atoms with van der Waals surface area (Å²) in [6.45, 7) is 2.00. The molecule has 0 amide bonds. The zero-order valence-corrected chi connectivity index (χ0v) is 6.92. The van der Waals surface area contributed by atoms with Gasteiger partial charge in [0.15, 0.2) is 6.20 Å². The van der Waals surface area contributed by atoms with Gasteiger partial charge in [0.1, 0.15) is 0 Å². The number of rotatable bonds is 0. The monoisotopic (exact) mass is 196 g/mol. The van der Waals surface area contributed by atoms with Crippen LogP contribution in [-0.2, 0) is 0 Å². The average Bonchev–Trinajstić information content (AvgIpc) is 1.81. The van der Waals surface area contributed by atoms with Crippen molar-refractivity contribution in [2.24, 2.45) is 0 Å². The summed E-state index contributed by atoms with van der Waals surface area (Å²) in [5.74, 6) is 5.38. The number of hydrogen-bond acceptors (Lipinski definition) is 1. The fourth-order valence-corrected chi connectivity index (χ4v) is 0.615. The summed E-state index contributed by atoms with van der Waals surface area (Å²) in [6, 6.07) is 3.92. The molecule has 0 fully saturated rings. The normalized spacial score (nSPS) is 10.2. The van der Waals surface area contributed by atoms with Crippen LogP contribution in [-0.4, -0.2) is 7.25 Å². The topological polar surface area (TPSA) is 29.9 Å². The van der Waals surface area contributed by atoms with E-state index in [1.807, 2.05) is 25.3 Å². The summed E-state index contributed by atoms with van der Waals surface area (Å²) in [7, 11) is -6.00. The Labute approximate surface area is 73.1 Å². The molecule has 0 bridgehead atoms. The smallest absolute Gasteiger partial charge is 0.418 e. The molecule has 0 aliphatic rings. The van der Waals surface area contributed by atoms with Crippen LogP contribution in [0.25, 0.3) is 0 Å². The molecule has 0 spiro atoms. The summed E-state index contributed by atoms with van der Waals surface area (Å²) in [4.78, 5) is 0. The highest BCUT2D eigenvalue weighted by molar-refractivity contribution is 6.50. The lowest BCUT2D eigenvalue weighted by Crippen LogP contribution is -2.43. The lowest BCUT2D eigenvalue weighted by molar-refractivity contribution is -0.639. The number of halogens is 4. The first-order valence-electron chi connectivity index (χ1n) is 3.39. The van der Waals surface area contributed by atoms with E-state index in [0.29, 0.717) is 0 Å². The highest BCUT2D eigenvalue weighted by Gasteiger charge is 2.20. The van der Waals surface area contributed by atoms with Gasteiger partial charge in [-0.3, -0.25) is 0 Å². The molecule has 1 heterocycles. The van der Waals surface area contributed by atoms with Gasteiger partial charge in [0.05, 0.1) is 0 Å². The van der Waals surface area contributed by atoms with Gasteiger partial charge in [0.2, 0.25) is 6.20 Å². The summed E-state index contributed by atoms with van der Waals surface area (Å²) in [5.41, 5.74) is 1.18. The number of aryl methyl sites for hydroxylation is 1. The molecule has 0 saturated heterocycles. The molecule has 2 N–H and O–H groups in total. The fraction of sp³-hybridized carbons (Fsp3) is 0.167. The van der Waals surface area contributed by atoms with Crippen molar-refractivity contribution < 1.29 is 21.9 Å². The molecule has 0 radical (unpaired) electrons. The molecule has 13 heavy (non-hydrogen) atoms. The first-order chi connectivity index (χ1) is 5.79. The van der Waals surface area contributed by atoms with Gasteiger partial charge in [-0.05, 0) is 13.0 Å². The molecule has 1 aromatic rings. The Morgan fingerprint density at radius 2 is 1.77 bits per heavy atom. The number of nitrogen functional groups attached to an aromatic ring is 1. The van der Waals surface area contributed by atoms with E-state index in [9.17, 15) is 17.3 Å². The predicted molar refractivity (Wildman–Crippen MR) is 41.7 cm³/mol. The van der Waals surface area contributed by atoms with Crippen molar-refractivity contribution in [2.45, 2.75) is 6.92 Å². The number of nitrogens with two attached hydrogens (primary N) is 1. The Morgan fingerprint density at radius 3 is 2.00 bits per heavy atom. The summed E-state index contributed by atoms with van der Waals surface area (Å²) >= 11 is 0. The van der Waals surface area contributed by atoms with Gasteiger partial charge in [-0.2, -0.15) is 0 Å². The highest BCUT2D eigenvalue weighted by Crippen LogP contribution is 2.06. The second kappa shape index (κ2) is 4.69. The molecule has 1 rings (SSSR count). The average molecular weight is 196 g/mol. The molecule has 2 nitrogen and oxygen atoms in total. The standard InChI is InChI=1S/C6H9N2.BF4/c1-6-3-2-4-8(7)5-6;2-1(3,4)5/h2-5H,7H2,1H3;/q+1;-1. The third-order valence-corrected chi connectivity index (χ3v) is 0.970. The molecular formula is C6H9BF4N2. The molecular weight excluding hydrogens is 187 g/mol.